The van der Waals surface area contributed by atoms with E-state index < -0.39 is 18.6 Å². The molecule has 1 amide bonds. The van der Waals surface area contributed by atoms with E-state index in [1.807, 2.05) is 0 Å². The Bertz CT molecular complexity index is 610. The van der Waals surface area contributed by atoms with Crippen LogP contribution in [-0.2, 0) is 6.54 Å². The van der Waals surface area contributed by atoms with Crippen LogP contribution in [0, 0.1) is 0 Å². The lowest BCUT2D eigenvalue weighted by Gasteiger charge is -2.23. The van der Waals surface area contributed by atoms with Gasteiger partial charge in [-0.3, -0.25) is 4.79 Å². The molecule has 0 aliphatic rings. The first-order chi connectivity index (χ1) is 9.87. The van der Waals surface area contributed by atoms with Gasteiger partial charge in [0.1, 0.15) is 6.54 Å². The highest BCUT2D eigenvalue weighted by molar-refractivity contribution is 9.10. The quantitative estimate of drug-likeness (QED) is 0.815. The second kappa shape index (κ2) is 6.34. The zero-order valence-corrected chi connectivity index (χ0v) is 12.3. The minimum absolute atomic E-state index is 0.0650. The van der Waals surface area contributed by atoms with Gasteiger partial charge < -0.3 is 9.32 Å². The molecular formula is C14H11BrF3NO2. The van der Waals surface area contributed by atoms with Crippen LogP contribution in [0.25, 0.3) is 0 Å². The van der Waals surface area contributed by atoms with Crippen molar-refractivity contribution in [2.24, 2.45) is 0 Å². The molecule has 1 heterocycles. The Labute approximate surface area is 127 Å². The molecule has 0 saturated heterocycles. The summed E-state index contributed by atoms with van der Waals surface area (Å²) in [5.41, 5.74) is 0.685. The zero-order valence-electron chi connectivity index (χ0n) is 10.7. The van der Waals surface area contributed by atoms with Crippen molar-refractivity contribution in [1.29, 1.82) is 0 Å². The fraction of sp³-hybridized carbons (Fsp3) is 0.214. The molecule has 0 fully saturated rings. The number of furan rings is 1. The fourth-order valence-corrected chi connectivity index (χ4v) is 2.25. The van der Waals surface area contributed by atoms with Gasteiger partial charge in [0.15, 0.2) is 4.67 Å². The van der Waals surface area contributed by atoms with Crippen LogP contribution in [-0.4, -0.2) is 23.5 Å². The third kappa shape index (κ3) is 4.35. The highest BCUT2D eigenvalue weighted by Gasteiger charge is 2.34. The summed E-state index contributed by atoms with van der Waals surface area (Å²) in [5.74, 6) is -0.739. The minimum Gasteiger partial charge on any atom is -0.457 e. The van der Waals surface area contributed by atoms with Gasteiger partial charge in [-0.05, 0) is 27.6 Å². The highest BCUT2D eigenvalue weighted by Crippen LogP contribution is 2.24. The van der Waals surface area contributed by atoms with Crippen LogP contribution >= 0.6 is 15.9 Å². The van der Waals surface area contributed by atoms with Crippen molar-refractivity contribution < 1.29 is 22.4 Å². The molecule has 0 bridgehead atoms. The van der Waals surface area contributed by atoms with Gasteiger partial charge in [-0.1, -0.05) is 30.3 Å². The number of hydrogen-bond donors (Lipinski definition) is 0. The Balaban J connectivity index is 2.24. The Kier molecular flexibility index (Phi) is 4.72. The number of nitrogens with zero attached hydrogens (tertiary/aromatic N) is 1. The largest absolute Gasteiger partial charge is 0.457 e. The molecule has 112 valence electrons. The summed E-state index contributed by atoms with van der Waals surface area (Å²) in [7, 11) is 0. The number of alkyl halides is 3. The summed E-state index contributed by atoms with van der Waals surface area (Å²) in [6, 6.07) is 9.84. The number of benzene rings is 1. The van der Waals surface area contributed by atoms with Gasteiger partial charge in [-0.25, -0.2) is 0 Å². The molecular weight excluding hydrogens is 351 g/mol. The van der Waals surface area contributed by atoms with Gasteiger partial charge in [-0.2, -0.15) is 13.2 Å². The summed E-state index contributed by atoms with van der Waals surface area (Å²) < 4.78 is 43.1. The topological polar surface area (TPSA) is 33.5 Å². The Morgan fingerprint density at radius 3 is 2.38 bits per heavy atom. The number of halogens is 4. The molecule has 21 heavy (non-hydrogen) atoms. The van der Waals surface area contributed by atoms with E-state index in [1.54, 1.807) is 30.3 Å². The van der Waals surface area contributed by atoms with Crippen LogP contribution in [0.15, 0.2) is 51.7 Å². The van der Waals surface area contributed by atoms with Gasteiger partial charge in [0.2, 0.25) is 0 Å². The lowest BCUT2D eigenvalue weighted by Crippen LogP contribution is -2.38. The van der Waals surface area contributed by atoms with Crippen LogP contribution in [0.5, 0.6) is 0 Å². The van der Waals surface area contributed by atoms with Gasteiger partial charge in [0.25, 0.3) is 5.91 Å². The first kappa shape index (κ1) is 15.6. The zero-order chi connectivity index (χ0) is 15.5. The van der Waals surface area contributed by atoms with Crippen LogP contribution in [0.2, 0.25) is 0 Å². The lowest BCUT2D eigenvalue weighted by atomic mass is 10.2. The average molecular weight is 362 g/mol. The van der Waals surface area contributed by atoms with E-state index in [1.165, 1.54) is 12.3 Å². The second-order valence-corrected chi connectivity index (χ2v) is 5.09. The number of rotatable bonds is 4. The van der Waals surface area contributed by atoms with Gasteiger partial charge in [0, 0.05) is 6.54 Å². The van der Waals surface area contributed by atoms with E-state index in [2.05, 4.69) is 15.9 Å². The van der Waals surface area contributed by atoms with Crippen molar-refractivity contribution in [1.82, 2.24) is 4.90 Å². The minimum atomic E-state index is -4.47. The Hall–Kier alpha value is -1.76. The van der Waals surface area contributed by atoms with Crippen molar-refractivity contribution in [3.8, 4) is 0 Å². The van der Waals surface area contributed by atoms with Crippen molar-refractivity contribution in [2.45, 2.75) is 12.7 Å². The van der Waals surface area contributed by atoms with E-state index in [0.717, 1.165) is 4.90 Å². The van der Waals surface area contributed by atoms with Crippen molar-refractivity contribution in [3.05, 3.63) is 58.5 Å². The smallest absolute Gasteiger partial charge is 0.406 e. The molecule has 7 heteroatoms. The average Bonchev–Trinajstić information content (AvgIpc) is 2.83. The maximum Gasteiger partial charge on any atom is 0.406 e. The number of amides is 1. The SMILES string of the molecule is O=C(c1ccoc1Br)N(Cc1ccccc1)CC(F)(F)F. The molecule has 2 aromatic rings. The molecule has 0 aliphatic carbocycles. The Morgan fingerprint density at radius 1 is 1.19 bits per heavy atom. The molecule has 3 nitrogen and oxygen atoms in total. The normalized spacial score (nSPS) is 11.4. The van der Waals surface area contributed by atoms with Crippen LogP contribution in [0.1, 0.15) is 15.9 Å². The van der Waals surface area contributed by atoms with E-state index >= 15 is 0 Å². The van der Waals surface area contributed by atoms with E-state index in [-0.39, 0.29) is 16.8 Å². The van der Waals surface area contributed by atoms with Gasteiger partial charge in [-0.15, -0.1) is 0 Å². The molecule has 0 radical (unpaired) electrons. The maximum atomic E-state index is 12.7. The summed E-state index contributed by atoms with van der Waals surface area (Å²) in [6.45, 7) is -1.45. The third-order valence-electron chi connectivity index (χ3n) is 2.72. The van der Waals surface area contributed by atoms with Crippen molar-refractivity contribution >= 4 is 21.8 Å². The lowest BCUT2D eigenvalue weighted by molar-refractivity contribution is -0.141. The van der Waals surface area contributed by atoms with Crippen molar-refractivity contribution in [2.75, 3.05) is 6.54 Å². The fourth-order valence-electron chi connectivity index (χ4n) is 1.84. The molecule has 0 saturated carbocycles. The number of carbonyl (C=O) groups excluding carboxylic acids is 1. The predicted molar refractivity (Wildman–Crippen MR) is 73.6 cm³/mol. The molecule has 0 atom stereocenters. The number of hydrogen-bond acceptors (Lipinski definition) is 2. The summed E-state index contributed by atoms with van der Waals surface area (Å²) in [6.07, 6.45) is -3.23. The van der Waals surface area contributed by atoms with Crippen LogP contribution in [0.4, 0.5) is 13.2 Å². The van der Waals surface area contributed by atoms with Crippen LogP contribution in [0.3, 0.4) is 0 Å². The molecule has 0 unspecified atom stereocenters. The first-order valence-electron chi connectivity index (χ1n) is 6.00. The standard InChI is InChI=1S/C14H11BrF3NO2/c15-12-11(6-7-21-12)13(20)19(9-14(16,17)18)8-10-4-2-1-3-5-10/h1-7H,8-9H2. The van der Waals surface area contributed by atoms with E-state index in [0.29, 0.717) is 5.56 Å². The third-order valence-corrected chi connectivity index (χ3v) is 3.34. The maximum absolute atomic E-state index is 12.7. The first-order valence-corrected chi connectivity index (χ1v) is 6.79. The summed E-state index contributed by atoms with van der Waals surface area (Å²) in [5, 5.41) is 0. The van der Waals surface area contributed by atoms with Crippen LogP contribution < -0.4 is 0 Å². The molecule has 2 rings (SSSR count). The molecule has 1 aromatic heterocycles. The van der Waals surface area contributed by atoms with E-state index in [9.17, 15) is 18.0 Å². The van der Waals surface area contributed by atoms with E-state index in [4.69, 9.17) is 4.42 Å². The summed E-state index contributed by atoms with van der Waals surface area (Å²) >= 11 is 3.00. The monoisotopic (exact) mass is 361 g/mol. The Morgan fingerprint density at radius 2 is 1.86 bits per heavy atom. The number of carbonyl (C=O) groups is 1. The summed E-state index contributed by atoms with van der Waals surface area (Å²) in [4.78, 5) is 13.0. The highest BCUT2D eigenvalue weighted by atomic mass is 79.9. The van der Waals surface area contributed by atoms with Gasteiger partial charge >= 0.3 is 6.18 Å². The molecule has 1 aromatic carbocycles. The van der Waals surface area contributed by atoms with Crippen molar-refractivity contribution in [3.63, 3.8) is 0 Å². The second-order valence-electron chi connectivity index (χ2n) is 4.37. The molecule has 0 aliphatic heterocycles. The molecule has 0 N–H and O–H groups in total. The predicted octanol–water partition coefficient (Wildman–Crippen LogP) is 4.25. The van der Waals surface area contributed by atoms with Gasteiger partial charge in [0.05, 0.1) is 11.8 Å². The molecule has 0 spiro atoms.